The molecular formula is C82H80O20. The molecule has 20 nitrogen and oxygen atoms in total. The van der Waals surface area contributed by atoms with E-state index < -0.39 is 0 Å². The van der Waals surface area contributed by atoms with Gasteiger partial charge in [0, 0.05) is 39.8 Å². The van der Waals surface area contributed by atoms with Gasteiger partial charge in [-0.25, -0.2) is 0 Å². The lowest BCUT2D eigenvalue weighted by atomic mass is 9.88. The molecule has 0 N–H and O–H groups in total. The van der Waals surface area contributed by atoms with Crippen molar-refractivity contribution in [3.63, 3.8) is 0 Å². The van der Waals surface area contributed by atoms with Gasteiger partial charge in [0.1, 0.15) is 68.2 Å². The molecule has 0 aliphatic heterocycles. The summed E-state index contributed by atoms with van der Waals surface area (Å²) in [5, 5.41) is 0. The topological polar surface area (TPSA) is 185 Å². The largest absolute Gasteiger partial charge is 0.495 e. The van der Waals surface area contributed by atoms with Crippen LogP contribution in [-0.2, 0) is 12.8 Å². The second kappa shape index (κ2) is 35.7. The molecule has 8 rings (SSSR count). The molecule has 0 aromatic heterocycles. The summed E-state index contributed by atoms with van der Waals surface area (Å²) in [7, 11) is 30.9. The normalized spacial score (nSPS) is 10.4. The Morgan fingerprint density at radius 3 is 0.627 bits per heavy atom. The van der Waals surface area contributed by atoms with Gasteiger partial charge in [-0.05, 0) is 126 Å². The Bertz CT molecular complexity index is 4570. The average molecular weight is 1390 g/mol. The first kappa shape index (κ1) is 75.1. The Morgan fingerprint density at radius 1 is 0.206 bits per heavy atom. The van der Waals surface area contributed by atoms with Crippen molar-refractivity contribution < 1.29 is 94.7 Å². The summed E-state index contributed by atoms with van der Waals surface area (Å²) in [4.78, 5) is 0. The number of allylic oxidation sites excluding steroid dienone is 2. The van der Waals surface area contributed by atoms with Crippen molar-refractivity contribution in [2.24, 2.45) is 0 Å². The van der Waals surface area contributed by atoms with E-state index in [0.29, 0.717) is 182 Å². The molecule has 0 heterocycles. The zero-order chi connectivity index (χ0) is 73.6. The molecule has 20 heteroatoms. The van der Waals surface area contributed by atoms with Crippen LogP contribution in [0.1, 0.15) is 66.8 Å². The van der Waals surface area contributed by atoms with Crippen LogP contribution in [0.5, 0.6) is 115 Å². The van der Waals surface area contributed by atoms with Gasteiger partial charge in [0.25, 0.3) is 0 Å². The lowest BCUT2D eigenvalue weighted by Gasteiger charge is -2.19. The summed E-state index contributed by atoms with van der Waals surface area (Å²) in [5.74, 6) is 41.5. The lowest BCUT2D eigenvalue weighted by molar-refractivity contribution is 0.324. The molecular weight excluding hydrogens is 1300 g/mol. The van der Waals surface area contributed by atoms with Crippen molar-refractivity contribution in [3.05, 3.63) is 169 Å². The summed E-state index contributed by atoms with van der Waals surface area (Å²) >= 11 is 0. The maximum Gasteiger partial charge on any atom is 0.203 e. The van der Waals surface area contributed by atoms with E-state index in [0.717, 1.165) is 11.1 Å². The number of ether oxygens (including phenoxy) is 20. The fraction of sp³-hybridized carbons (Fsp3) is 0.268. The van der Waals surface area contributed by atoms with Crippen LogP contribution in [0, 0.1) is 59.2 Å². The third-order valence-electron chi connectivity index (χ3n) is 16.0. The van der Waals surface area contributed by atoms with Crippen molar-refractivity contribution in [2.75, 3.05) is 142 Å². The van der Waals surface area contributed by atoms with E-state index in [1.165, 1.54) is 56.9 Å². The lowest BCUT2D eigenvalue weighted by Crippen LogP contribution is -2.04. The molecule has 0 aliphatic rings. The summed E-state index contributed by atoms with van der Waals surface area (Å²) in [6.45, 7) is 0. The molecule has 8 aromatic carbocycles. The number of benzene rings is 8. The molecule has 0 unspecified atom stereocenters. The van der Waals surface area contributed by atoms with Crippen molar-refractivity contribution >= 4 is 5.57 Å². The van der Waals surface area contributed by atoms with E-state index in [2.05, 4.69) is 59.2 Å². The highest BCUT2D eigenvalue weighted by Crippen LogP contribution is 2.44. The van der Waals surface area contributed by atoms with E-state index in [-0.39, 0.29) is 12.8 Å². The molecule has 0 radical (unpaired) electrons. The van der Waals surface area contributed by atoms with E-state index in [9.17, 15) is 0 Å². The van der Waals surface area contributed by atoms with Gasteiger partial charge < -0.3 is 94.7 Å². The van der Waals surface area contributed by atoms with Crippen LogP contribution in [0.15, 0.2) is 103 Å². The summed E-state index contributed by atoms with van der Waals surface area (Å²) in [5.41, 5.74) is 8.00. The highest BCUT2D eigenvalue weighted by molar-refractivity contribution is 5.80. The van der Waals surface area contributed by atoms with Crippen molar-refractivity contribution in [1.29, 1.82) is 0 Å². The Labute approximate surface area is 596 Å². The smallest absolute Gasteiger partial charge is 0.203 e. The van der Waals surface area contributed by atoms with Crippen LogP contribution < -0.4 is 94.7 Å². The van der Waals surface area contributed by atoms with Crippen molar-refractivity contribution in [3.8, 4) is 174 Å². The number of methoxy groups -OCH3 is 20. The first-order valence-electron chi connectivity index (χ1n) is 31.1. The maximum absolute atomic E-state index is 6.26. The minimum atomic E-state index is 0.155. The Kier molecular flexibility index (Phi) is 26.3. The maximum atomic E-state index is 6.26. The first-order valence-corrected chi connectivity index (χ1v) is 31.1. The van der Waals surface area contributed by atoms with Gasteiger partial charge in [0.15, 0.2) is 46.0 Å². The SMILES string of the molecule is COc1cc(C#C/C(Cc2cc(OC)c(C#Cc3cc(OC)c(OC)c(OC)c3)c(OC)c2)=C(\Cc2cc(OC)c(C#Cc3cc(OC)c(OC)c(OC)c3)c(OC)c2)c2cc(OC)c(C#Cc3cc(OC)c(OC)c(OC)c3)c(OC)c2)cc(OC)c1C#Cc1cc(OC)c(OC)c(OC)c1. The van der Waals surface area contributed by atoms with Gasteiger partial charge in [0.2, 0.25) is 23.0 Å². The highest BCUT2D eigenvalue weighted by Gasteiger charge is 2.24. The Hall–Kier alpha value is -12.7. The number of hydrogen-bond donors (Lipinski definition) is 0. The summed E-state index contributed by atoms with van der Waals surface area (Å²) in [6.07, 6.45) is 0.330. The second-order valence-electron chi connectivity index (χ2n) is 21.5. The van der Waals surface area contributed by atoms with Crippen LogP contribution in [0.25, 0.3) is 5.57 Å². The number of hydrogen-bond acceptors (Lipinski definition) is 20. The molecule has 0 spiro atoms. The van der Waals surface area contributed by atoms with E-state index in [1.807, 2.05) is 36.4 Å². The van der Waals surface area contributed by atoms with Crippen LogP contribution in [0.3, 0.4) is 0 Å². The van der Waals surface area contributed by atoms with Gasteiger partial charge in [0.05, 0.1) is 142 Å². The highest BCUT2D eigenvalue weighted by atomic mass is 16.6. The van der Waals surface area contributed by atoms with Crippen molar-refractivity contribution in [2.45, 2.75) is 12.8 Å². The molecule has 0 saturated heterocycles. The molecule has 0 aliphatic carbocycles. The third kappa shape index (κ3) is 16.9. The quantitative estimate of drug-likeness (QED) is 0.0492. The van der Waals surface area contributed by atoms with Gasteiger partial charge in [-0.15, -0.1) is 0 Å². The van der Waals surface area contributed by atoms with Crippen LogP contribution in [0.2, 0.25) is 0 Å². The van der Waals surface area contributed by atoms with Gasteiger partial charge >= 0.3 is 0 Å². The predicted molar refractivity (Wildman–Crippen MR) is 388 cm³/mol. The van der Waals surface area contributed by atoms with Gasteiger partial charge in [-0.2, -0.15) is 0 Å². The zero-order valence-electron chi connectivity index (χ0n) is 60.8. The third-order valence-corrected chi connectivity index (χ3v) is 16.0. The molecule has 0 fully saturated rings. The molecule has 8 aromatic rings. The first-order chi connectivity index (χ1) is 49.6. The van der Waals surface area contributed by atoms with Gasteiger partial charge in [-0.3, -0.25) is 0 Å². The van der Waals surface area contributed by atoms with Crippen LogP contribution in [-0.4, -0.2) is 142 Å². The standard InChI is InChI=1S/C82H80O20/c1-83-63-33-49(34-64(84-2)58(63)27-22-50-35-71(91-9)79(99-17)72(36-50)92-10)21-26-56(31-54-43-65(85-3)59(66(44-54)86-4)28-23-51-37-73(93-11)80(100-18)74(38-51)94-12)62(57-47-69(89-7)61(70(48-57)90-8)30-25-53-41-77(97-15)82(102-20)78(42-53)98-16)32-55-45-67(87-5)60(68(46-55)88-6)29-24-52-39-75(95-13)81(101-19)76(40-52)96-14/h33-48H,31-32H2,1-20H3/b62-56-. The molecule has 0 amide bonds. The molecule has 0 atom stereocenters. The van der Waals surface area contributed by atoms with Gasteiger partial charge in [-0.1, -0.05) is 59.2 Å². The zero-order valence-corrected chi connectivity index (χ0v) is 60.8. The molecule has 0 bridgehead atoms. The molecule has 0 saturated carbocycles. The monoisotopic (exact) mass is 1380 g/mol. The summed E-state index contributed by atoms with van der Waals surface area (Å²) < 4.78 is 117. The van der Waals surface area contributed by atoms with E-state index in [1.54, 1.807) is 146 Å². The molecule has 528 valence electrons. The fourth-order valence-corrected chi connectivity index (χ4v) is 11.0. The van der Waals surface area contributed by atoms with E-state index >= 15 is 0 Å². The number of rotatable bonds is 25. The Morgan fingerprint density at radius 2 is 0.402 bits per heavy atom. The Balaban J connectivity index is 1.43. The fourth-order valence-electron chi connectivity index (χ4n) is 11.0. The minimum absolute atomic E-state index is 0.155. The predicted octanol–water partition coefficient (Wildman–Crippen LogP) is 12.7. The van der Waals surface area contributed by atoms with Crippen LogP contribution in [0.4, 0.5) is 0 Å². The van der Waals surface area contributed by atoms with Crippen molar-refractivity contribution in [1.82, 2.24) is 0 Å². The summed E-state index contributed by atoms with van der Waals surface area (Å²) in [6, 6.07) is 29.0. The van der Waals surface area contributed by atoms with E-state index in [4.69, 9.17) is 94.7 Å². The second-order valence-corrected chi connectivity index (χ2v) is 21.5. The average Bonchev–Trinajstić information content (AvgIpc) is 0.719. The molecule has 102 heavy (non-hydrogen) atoms. The van der Waals surface area contributed by atoms with Crippen LogP contribution >= 0.6 is 0 Å². The minimum Gasteiger partial charge on any atom is -0.495 e.